The van der Waals surface area contributed by atoms with Gasteiger partial charge in [0.05, 0.1) is 19.9 Å². The van der Waals surface area contributed by atoms with E-state index in [4.69, 9.17) is 0 Å². The van der Waals surface area contributed by atoms with Crippen molar-refractivity contribution in [3.8, 4) is 0 Å². The molecule has 2 amide bonds. The number of anilines is 1. The van der Waals surface area contributed by atoms with E-state index >= 15 is 0 Å². The molecule has 0 aliphatic heterocycles. The molecule has 6 heteroatoms. The molecule has 0 bridgehead atoms. The van der Waals surface area contributed by atoms with Crippen molar-refractivity contribution < 1.29 is 19.1 Å². The van der Waals surface area contributed by atoms with E-state index in [1.165, 1.54) is 14.2 Å². The first-order valence-corrected chi connectivity index (χ1v) is 5.71. The number of hydrogen-bond donors (Lipinski definition) is 1. The van der Waals surface area contributed by atoms with Crippen LogP contribution in [0.2, 0.25) is 0 Å². The maximum Gasteiger partial charge on any atom is 0.433 e. The van der Waals surface area contributed by atoms with Gasteiger partial charge >= 0.3 is 12.2 Å². The molecule has 0 atom stereocenters. The molecular formula is C13H18N2O4. The number of ether oxygens (including phenoxy) is 2. The Bertz CT molecular complexity index is 476. The van der Waals surface area contributed by atoms with Crippen LogP contribution in [0.4, 0.5) is 15.3 Å². The van der Waals surface area contributed by atoms with Crippen molar-refractivity contribution >= 4 is 17.9 Å². The molecule has 0 unspecified atom stereocenters. The second-order valence-electron chi connectivity index (χ2n) is 4.11. The lowest BCUT2D eigenvalue weighted by Gasteiger charge is -2.22. The van der Waals surface area contributed by atoms with Gasteiger partial charge in [-0.05, 0) is 49.6 Å². The van der Waals surface area contributed by atoms with Crippen LogP contribution in [0, 0.1) is 20.8 Å². The van der Waals surface area contributed by atoms with Crippen molar-refractivity contribution in [3.63, 3.8) is 0 Å². The normalized spacial score (nSPS) is 9.74. The van der Waals surface area contributed by atoms with Crippen LogP contribution in [0.3, 0.4) is 0 Å². The number of benzene rings is 1. The van der Waals surface area contributed by atoms with Crippen molar-refractivity contribution in [1.29, 1.82) is 0 Å². The van der Waals surface area contributed by atoms with Crippen LogP contribution in [0.5, 0.6) is 0 Å². The number of hydrogen-bond acceptors (Lipinski definition) is 4. The summed E-state index contributed by atoms with van der Waals surface area (Å²) in [5, 5.41) is 1.01. The molecule has 0 aliphatic carbocycles. The lowest BCUT2D eigenvalue weighted by molar-refractivity contribution is 0.157. The average Bonchev–Trinajstić information content (AvgIpc) is 2.40. The quantitative estimate of drug-likeness (QED) is 0.793. The summed E-state index contributed by atoms with van der Waals surface area (Å²) >= 11 is 0. The molecule has 0 aromatic heterocycles. The molecular weight excluding hydrogens is 248 g/mol. The number of rotatable bonds is 1. The highest BCUT2D eigenvalue weighted by molar-refractivity contribution is 5.90. The third kappa shape index (κ3) is 3.37. The molecule has 6 nitrogen and oxygen atoms in total. The van der Waals surface area contributed by atoms with E-state index in [1.807, 2.05) is 20.8 Å². The molecule has 0 aliphatic rings. The Morgan fingerprint density at radius 1 is 1.05 bits per heavy atom. The number of amides is 2. The van der Waals surface area contributed by atoms with Gasteiger partial charge in [-0.1, -0.05) is 0 Å². The number of hydrazine groups is 1. The minimum Gasteiger partial charge on any atom is -0.452 e. The van der Waals surface area contributed by atoms with Gasteiger partial charge < -0.3 is 9.47 Å². The van der Waals surface area contributed by atoms with E-state index in [0.29, 0.717) is 5.69 Å². The van der Waals surface area contributed by atoms with Crippen molar-refractivity contribution in [2.45, 2.75) is 20.8 Å². The van der Waals surface area contributed by atoms with E-state index in [9.17, 15) is 9.59 Å². The lowest BCUT2D eigenvalue weighted by Crippen LogP contribution is -2.46. The summed E-state index contributed by atoms with van der Waals surface area (Å²) in [4.78, 5) is 23.0. The molecule has 1 aromatic carbocycles. The number of nitrogens with zero attached hydrogens (tertiary/aromatic N) is 1. The van der Waals surface area contributed by atoms with Crippen LogP contribution < -0.4 is 10.4 Å². The van der Waals surface area contributed by atoms with Gasteiger partial charge in [0.1, 0.15) is 0 Å². The van der Waals surface area contributed by atoms with Crippen LogP contribution in [0.1, 0.15) is 16.7 Å². The molecule has 0 heterocycles. The average molecular weight is 266 g/mol. The molecule has 104 valence electrons. The van der Waals surface area contributed by atoms with E-state index in [1.54, 1.807) is 12.1 Å². The minimum atomic E-state index is -0.749. The predicted octanol–water partition coefficient (Wildman–Crippen LogP) is 2.46. The van der Waals surface area contributed by atoms with Crippen molar-refractivity contribution in [2.24, 2.45) is 0 Å². The second kappa shape index (κ2) is 6.08. The Morgan fingerprint density at radius 2 is 1.58 bits per heavy atom. The summed E-state index contributed by atoms with van der Waals surface area (Å²) in [6.45, 7) is 5.85. The number of carbonyl (C=O) groups is 2. The zero-order chi connectivity index (χ0) is 14.6. The van der Waals surface area contributed by atoms with E-state index < -0.39 is 12.2 Å². The fraction of sp³-hybridized carbons (Fsp3) is 0.385. The summed E-state index contributed by atoms with van der Waals surface area (Å²) in [7, 11) is 2.46. The molecule has 19 heavy (non-hydrogen) atoms. The lowest BCUT2D eigenvalue weighted by atomic mass is 10.0. The van der Waals surface area contributed by atoms with E-state index in [0.717, 1.165) is 21.7 Å². The fourth-order valence-corrected chi connectivity index (χ4v) is 1.59. The molecule has 0 spiro atoms. The summed E-state index contributed by atoms with van der Waals surface area (Å²) in [6.07, 6.45) is -1.45. The Hall–Kier alpha value is -2.24. The van der Waals surface area contributed by atoms with Crippen LogP contribution in [-0.2, 0) is 9.47 Å². The maximum absolute atomic E-state index is 11.7. The van der Waals surface area contributed by atoms with Crippen LogP contribution >= 0.6 is 0 Å². The van der Waals surface area contributed by atoms with Crippen LogP contribution in [-0.4, -0.2) is 26.4 Å². The first-order chi connectivity index (χ1) is 8.90. The first-order valence-electron chi connectivity index (χ1n) is 5.71. The predicted molar refractivity (Wildman–Crippen MR) is 71.1 cm³/mol. The van der Waals surface area contributed by atoms with Crippen molar-refractivity contribution in [1.82, 2.24) is 5.43 Å². The molecule has 0 radical (unpaired) electrons. The number of carbonyl (C=O) groups excluding carboxylic acids is 2. The summed E-state index contributed by atoms with van der Waals surface area (Å²) in [6, 6.07) is 3.57. The summed E-state index contributed by atoms with van der Waals surface area (Å²) in [5.41, 5.74) is 5.97. The minimum absolute atomic E-state index is 0.512. The van der Waals surface area contributed by atoms with Gasteiger partial charge in [-0.3, -0.25) is 0 Å². The van der Waals surface area contributed by atoms with Gasteiger partial charge in [0.25, 0.3) is 0 Å². The Morgan fingerprint density at radius 3 is 2.00 bits per heavy atom. The van der Waals surface area contributed by atoms with Gasteiger partial charge in [0.2, 0.25) is 0 Å². The zero-order valence-electron chi connectivity index (χ0n) is 11.7. The van der Waals surface area contributed by atoms with Crippen LogP contribution in [0.15, 0.2) is 12.1 Å². The molecule has 1 rings (SSSR count). The fourth-order valence-electron chi connectivity index (χ4n) is 1.59. The van der Waals surface area contributed by atoms with Gasteiger partial charge in [-0.25, -0.2) is 15.0 Å². The Kier molecular flexibility index (Phi) is 4.74. The van der Waals surface area contributed by atoms with Crippen LogP contribution in [0.25, 0.3) is 0 Å². The standard InChI is InChI=1S/C13H18N2O4/c1-8-6-11(7-9(2)10(8)3)15(13(17)19-5)14-12(16)18-4/h6-7H,1-5H3,(H,14,16). The van der Waals surface area contributed by atoms with Gasteiger partial charge in [0, 0.05) is 0 Å². The van der Waals surface area contributed by atoms with Gasteiger partial charge in [-0.2, -0.15) is 5.01 Å². The zero-order valence-corrected chi connectivity index (χ0v) is 11.7. The third-order valence-electron chi connectivity index (χ3n) is 2.92. The molecule has 0 saturated carbocycles. The van der Waals surface area contributed by atoms with Gasteiger partial charge in [-0.15, -0.1) is 0 Å². The Balaban J connectivity index is 3.17. The molecule has 1 aromatic rings. The highest BCUT2D eigenvalue weighted by Crippen LogP contribution is 2.22. The first kappa shape index (κ1) is 14.8. The second-order valence-corrected chi connectivity index (χ2v) is 4.11. The largest absolute Gasteiger partial charge is 0.452 e. The number of aryl methyl sites for hydroxylation is 2. The van der Waals surface area contributed by atoms with Gasteiger partial charge in [0.15, 0.2) is 0 Å². The van der Waals surface area contributed by atoms with E-state index in [2.05, 4.69) is 14.9 Å². The summed E-state index contributed by atoms with van der Waals surface area (Å²) < 4.78 is 9.12. The van der Waals surface area contributed by atoms with E-state index in [-0.39, 0.29) is 0 Å². The third-order valence-corrected chi connectivity index (χ3v) is 2.92. The molecule has 1 N–H and O–H groups in total. The topological polar surface area (TPSA) is 67.9 Å². The number of methoxy groups -OCH3 is 2. The molecule has 0 fully saturated rings. The highest BCUT2D eigenvalue weighted by atomic mass is 16.6. The van der Waals surface area contributed by atoms with Crippen molar-refractivity contribution in [3.05, 3.63) is 28.8 Å². The monoisotopic (exact) mass is 266 g/mol. The maximum atomic E-state index is 11.7. The molecule has 0 saturated heterocycles. The highest BCUT2D eigenvalue weighted by Gasteiger charge is 2.20. The van der Waals surface area contributed by atoms with Crippen molar-refractivity contribution in [2.75, 3.05) is 19.2 Å². The number of nitrogens with one attached hydrogen (secondary N) is 1. The Labute approximate surface area is 112 Å². The summed E-state index contributed by atoms with van der Waals surface area (Å²) in [5.74, 6) is 0. The SMILES string of the molecule is COC(=O)NN(C(=O)OC)c1cc(C)c(C)c(C)c1. The smallest absolute Gasteiger partial charge is 0.433 e.